The maximum atomic E-state index is 13.2. The molecule has 1 atom stereocenters. The number of sulfonamides is 1. The van der Waals surface area contributed by atoms with Crippen molar-refractivity contribution < 1.29 is 27.5 Å². The van der Waals surface area contributed by atoms with Gasteiger partial charge in [-0.25, -0.2) is 12.7 Å². The molecule has 0 bridgehead atoms. The number of methoxy groups -OCH3 is 1. The number of hydrogen-bond acceptors (Lipinski definition) is 6. The van der Waals surface area contributed by atoms with E-state index in [1.165, 1.54) is 17.0 Å². The highest BCUT2D eigenvalue weighted by Crippen LogP contribution is 2.30. The van der Waals surface area contributed by atoms with Crippen LogP contribution in [0.5, 0.6) is 5.75 Å². The van der Waals surface area contributed by atoms with E-state index in [2.05, 4.69) is 5.32 Å². The van der Waals surface area contributed by atoms with Crippen molar-refractivity contribution in [3.8, 4) is 5.75 Å². The maximum absolute atomic E-state index is 13.2. The summed E-state index contributed by atoms with van der Waals surface area (Å²) in [5.74, 6) is -0.761. The number of nitrogens with one attached hydrogen (secondary N) is 1. The quantitative estimate of drug-likeness (QED) is 0.594. The van der Waals surface area contributed by atoms with Crippen LogP contribution in [-0.4, -0.2) is 61.6 Å². The number of nitrogens with zero attached hydrogens (tertiary/aromatic N) is 2. The molecule has 0 radical (unpaired) electrons. The average Bonchev–Trinajstić information content (AvgIpc) is 3.01. The lowest BCUT2D eigenvalue weighted by atomic mass is 10.1. The number of amides is 3. The summed E-state index contributed by atoms with van der Waals surface area (Å²) in [5, 5.41) is 2.70. The van der Waals surface area contributed by atoms with Crippen LogP contribution < -0.4 is 10.1 Å². The Morgan fingerprint density at radius 2 is 1.79 bits per heavy atom. The minimum Gasteiger partial charge on any atom is -0.497 e. The molecule has 0 saturated heterocycles. The predicted octanol–water partition coefficient (Wildman–Crippen LogP) is 1.78. The van der Waals surface area contributed by atoms with Crippen LogP contribution >= 0.6 is 0 Å². The fraction of sp³-hybridized carbons (Fsp3) is 0.348. The van der Waals surface area contributed by atoms with Crippen molar-refractivity contribution in [1.29, 1.82) is 0 Å². The lowest BCUT2D eigenvalue weighted by Gasteiger charge is -2.29. The Labute approximate surface area is 193 Å². The summed E-state index contributed by atoms with van der Waals surface area (Å²) in [7, 11) is -2.46. The van der Waals surface area contributed by atoms with Crippen molar-refractivity contribution in [1.82, 2.24) is 14.5 Å². The van der Waals surface area contributed by atoms with Gasteiger partial charge in [0.25, 0.3) is 15.9 Å². The van der Waals surface area contributed by atoms with E-state index in [9.17, 15) is 22.8 Å². The van der Waals surface area contributed by atoms with Crippen molar-refractivity contribution in [2.75, 3.05) is 20.2 Å². The van der Waals surface area contributed by atoms with Gasteiger partial charge in [-0.2, -0.15) is 0 Å². The lowest BCUT2D eigenvalue weighted by Crippen LogP contribution is -2.48. The number of rotatable bonds is 9. The topological polar surface area (TPSA) is 113 Å². The van der Waals surface area contributed by atoms with E-state index in [4.69, 9.17) is 4.74 Å². The Kier molecular flexibility index (Phi) is 7.37. The largest absolute Gasteiger partial charge is 0.497 e. The summed E-state index contributed by atoms with van der Waals surface area (Å²) in [6.45, 7) is 3.63. The molecule has 0 fully saturated rings. The molecular formula is C23H27N3O6S. The van der Waals surface area contributed by atoms with Gasteiger partial charge in [0.1, 0.15) is 16.7 Å². The normalized spacial score (nSPS) is 15.0. The van der Waals surface area contributed by atoms with Crippen LogP contribution in [0.2, 0.25) is 0 Å². The molecule has 33 heavy (non-hydrogen) atoms. The second kappa shape index (κ2) is 10.0. The van der Waals surface area contributed by atoms with Gasteiger partial charge in [-0.3, -0.25) is 14.4 Å². The molecule has 0 aromatic heterocycles. The molecule has 3 rings (SSSR count). The Bertz CT molecular complexity index is 1150. The molecule has 0 spiro atoms. The number of carbonyl (C=O) groups is 3. The summed E-state index contributed by atoms with van der Waals surface area (Å²) in [6.07, 6.45) is -0.251. The highest BCUT2D eigenvalue weighted by atomic mass is 32.2. The minimum absolute atomic E-state index is 0.0618. The fourth-order valence-electron chi connectivity index (χ4n) is 3.63. The summed E-state index contributed by atoms with van der Waals surface area (Å²) < 4.78 is 31.4. The van der Waals surface area contributed by atoms with Crippen LogP contribution in [0.1, 0.15) is 36.2 Å². The first kappa shape index (κ1) is 24.2. The zero-order valence-electron chi connectivity index (χ0n) is 18.8. The Balaban J connectivity index is 1.78. The third-order valence-electron chi connectivity index (χ3n) is 5.47. The highest BCUT2D eigenvalue weighted by molar-refractivity contribution is 7.90. The predicted molar refractivity (Wildman–Crippen MR) is 121 cm³/mol. The van der Waals surface area contributed by atoms with Crippen molar-refractivity contribution in [2.45, 2.75) is 37.8 Å². The molecule has 2 aromatic carbocycles. The molecule has 0 saturated carbocycles. The van der Waals surface area contributed by atoms with Gasteiger partial charge >= 0.3 is 0 Å². The van der Waals surface area contributed by atoms with E-state index in [0.717, 1.165) is 9.87 Å². The van der Waals surface area contributed by atoms with Crippen LogP contribution in [-0.2, 0) is 26.2 Å². The summed E-state index contributed by atoms with van der Waals surface area (Å²) in [6, 6.07) is 12.2. The van der Waals surface area contributed by atoms with E-state index in [1.807, 2.05) is 0 Å². The van der Waals surface area contributed by atoms with E-state index in [-0.39, 0.29) is 35.9 Å². The Morgan fingerprint density at radius 3 is 2.39 bits per heavy atom. The number of ether oxygens (including phenoxy) is 1. The summed E-state index contributed by atoms with van der Waals surface area (Å²) >= 11 is 0. The third kappa shape index (κ3) is 5.00. The van der Waals surface area contributed by atoms with Gasteiger partial charge in [0.15, 0.2) is 0 Å². The van der Waals surface area contributed by atoms with Gasteiger partial charge in [0.05, 0.1) is 12.7 Å². The third-order valence-corrected chi connectivity index (χ3v) is 7.31. The lowest BCUT2D eigenvalue weighted by molar-refractivity contribution is -0.140. The molecular weight excluding hydrogens is 446 g/mol. The molecule has 176 valence electrons. The molecule has 1 N–H and O–H groups in total. The number of likely N-dealkylation sites (N-methyl/N-ethyl adjacent to an activating group) is 1. The van der Waals surface area contributed by atoms with Gasteiger partial charge in [-0.1, -0.05) is 24.3 Å². The highest BCUT2D eigenvalue weighted by Gasteiger charge is 2.41. The van der Waals surface area contributed by atoms with Crippen LogP contribution in [0.25, 0.3) is 0 Å². The van der Waals surface area contributed by atoms with E-state index >= 15 is 0 Å². The van der Waals surface area contributed by atoms with Gasteiger partial charge in [-0.05, 0) is 43.7 Å². The van der Waals surface area contributed by atoms with Crippen LogP contribution in [0.4, 0.5) is 0 Å². The van der Waals surface area contributed by atoms with E-state index in [1.54, 1.807) is 57.4 Å². The summed E-state index contributed by atoms with van der Waals surface area (Å²) in [4.78, 5) is 39.6. The molecule has 0 unspecified atom stereocenters. The first-order valence-corrected chi connectivity index (χ1v) is 12.0. The monoisotopic (exact) mass is 473 g/mol. The Morgan fingerprint density at radius 1 is 1.12 bits per heavy atom. The zero-order valence-corrected chi connectivity index (χ0v) is 19.6. The SMILES string of the molecule is CCNC(=O)[C@H](C)N(Cc1ccc(OC)cc1)C(=O)CCN1C(=O)c2ccccc2S1(=O)=O. The van der Waals surface area contributed by atoms with Gasteiger partial charge in [0.2, 0.25) is 11.8 Å². The average molecular weight is 474 g/mol. The van der Waals surface area contributed by atoms with Crippen LogP contribution in [0.15, 0.2) is 53.4 Å². The van der Waals surface area contributed by atoms with Gasteiger partial charge in [-0.15, -0.1) is 0 Å². The van der Waals surface area contributed by atoms with Crippen molar-refractivity contribution in [2.24, 2.45) is 0 Å². The Hall–Kier alpha value is -3.40. The number of carbonyl (C=O) groups excluding carboxylic acids is 3. The van der Waals surface area contributed by atoms with E-state index in [0.29, 0.717) is 12.3 Å². The fourth-order valence-corrected chi connectivity index (χ4v) is 5.19. The van der Waals surface area contributed by atoms with Crippen molar-refractivity contribution in [3.63, 3.8) is 0 Å². The first-order valence-electron chi connectivity index (χ1n) is 10.6. The minimum atomic E-state index is -4.01. The molecule has 3 amide bonds. The molecule has 1 heterocycles. The zero-order chi connectivity index (χ0) is 24.2. The molecule has 0 aliphatic carbocycles. The smallest absolute Gasteiger partial charge is 0.269 e. The van der Waals surface area contributed by atoms with Gasteiger partial charge in [0, 0.05) is 26.1 Å². The number of benzene rings is 2. The molecule has 9 nitrogen and oxygen atoms in total. The van der Waals surface area contributed by atoms with Crippen molar-refractivity contribution in [3.05, 3.63) is 59.7 Å². The molecule has 1 aliphatic heterocycles. The number of hydrogen-bond donors (Lipinski definition) is 1. The molecule has 1 aliphatic rings. The van der Waals surface area contributed by atoms with Crippen LogP contribution in [0.3, 0.4) is 0 Å². The molecule has 2 aromatic rings. The van der Waals surface area contributed by atoms with Crippen molar-refractivity contribution >= 4 is 27.7 Å². The second-order valence-electron chi connectivity index (χ2n) is 7.57. The maximum Gasteiger partial charge on any atom is 0.269 e. The standard InChI is InChI=1S/C23H27N3O6S/c1-4-24-22(28)16(2)25(15-17-9-11-18(32-3)12-10-17)21(27)13-14-26-23(29)19-7-5-6-8-20(19)33(26,30)31/h5-12,16H,4,13-15H2,1-3H3,(H,24,28)/t16-/m0/s1. The van der Waals surface area contributed by atoms with Crippen LogP contribution in [0, 0.1) is 0 Å². The van der Waals surface area contributed by atoms with E-state index < -0.39 is 27.9 Å². The first-order chi connectivity index (χ1) is 15.7. The molecule has 10 heteroatoms. The summed E-state index contributed by atoms with van der Waals surface area (Å²) in [5.41, 5.74) is 0.869. The second-order valence-corrected chi connectivity index (χ2v) is 9.40. The van der Waals surface area contributed by atoms with Gasteiger partial charge < -0.3 is 15.0 Å². The number of fused-ring (bicyclic) bond motifs is 1.